The zero-order valence-corrected chi connectivity index (χ0v) is 21.3. The normalized spacial score (nSPS) is 18.9. The summed E-state index contributed by atoms with van der Waals surface area (Å²) in [6.07, 6.45) is 4.22. The van der Waals surface area contributed by atoms with Crippen LogP contribution >= 0.6 is 0 Å². The summed E-state index contributed by atoms with van der Waals surface area (Å²) < 4.78 is 27.3. The number of aromatic nitrogens is 3. The number of rotatable bonds is 7. The van der Waals surface area contributed by atoms with Gasteiger partial charge in [-0.1, -0.05) is 0 Å². The molecule has 0 bridgehead atoms. The van der Waals surface area contributed by atoms with Crippen LogP contribution in [0.25, 0.3) is 21.8 Å². The predicted octanol–water partition coefficient (Wildman–Crippen LogP) is 4.61. The summed E-state index contributed by atoms with van der Waals surface area (Å²) in [6.45, 7) is 5.35. The van der Waals surface area contributed by atoms with Crippen LogP contribution in [0.1, 0.15) is 13.3 Å². The summed E-state index contributed by atoms with van der Waals surface area (Å²) in [6, 6.07) is 11.6. The van der Waals surface area contributed by atoms with E-state index >= 15 is 4.39 Å². The highest BCUT2D eigenvalue weighted by Gasteiger charge is 2.29. The third-order valence-corrected chi connectivity index (χ3v) is 7.56. The average Bonchev–Trinajstić information content (AvgIpc) is 3.36. The van der Waals surface area contributed by atoms with Crippen LogP contribution in [0, 0.1) is 11.7 Å². The van der Waals surface area contributed by atoms with Crippen molar-refractivity contribution in [3.8, 4) is 5.75 Å². The number of nitrogens with one attached hydrogen (secondary N) is 1. The average molecular weight is 503 g/mol. The number of pyridine rings is 1. The van der Waals surface area contributed by atoms with E-state index in [1.54, 1.807) is 30.5 Å². The molecule has 2 fully saturated rings. The van der Waals surface area contributed by atoms with Gasteiger partial charge in [0.15, 0.2) is 5.82 Å². The fraction of sp³-hybridized carbons (Fsp3) is 0.393. The van der Waals surface area contributed by atoms with Crippen LogP contribution in [0.15, 0.2) is 48.9 Å². The van der Waals surface area contributed by atoms with E-state index in [1.807, 2.05) is 0 Å². The van der Waals surface area contributed by atoms with Gasteiger partial charge in [-0.3, -0.25) is 4.98 Å². The van der Waals surface area contributed by atoms with Gasteiger partial charge in [0, 0.05) is 48.4 Å². The Morgan fingerprint density at radius 3 is 2.76 bits per heavy atom. The molecular weight excluding hydrogens is 471 g/mol. The SMILES string of the molecule is C[C@@H](Oc1cc(N2CC[C@@H](N(C)C)C2)cc2ncnc(Nc3ccc4ncccc4c3F)c12)C1COC1. The zero-order chi connectivity index (χ0) is 25.5. The molecule has 6 rings (SSSR count). The Kier molecular flexibility index (Phi) is 6.26. The van der Waals surface area contributed by atoms with Gasteiger partial charge in [0.25, 0.3) is 0 Å². The second kappa shape index (κ2) is 9.72. The van der Waals surface area contributed by atoms with E-state index in [0.29, 0.717) is 53.3 Å². The molecule has 37 heavy (non-hydrogen) atoms. The van der Waals surface area contributed by atoms with Crippen LogP contribution in [0.4, 0.5) is 21.6 Å². The van der Waals surface area contributed by atoms with E-state index in [0.717, 1.165) is 36.1 Å². The number of anilines is 3. The largest absolute Gasteiger partial charge is 0.489 e. The fourth-order valence-corrected chi connectivity index (χ4v) is 5.07. The lowest BCUT2D eigenvalue weighted by atomic mass is 10.0. The van der Waals surface area contributed by atoms with Gasteiger partial charge < -0.3 is 24.6 Å². The van der Waals surface area contributed by atoms with Crippen LogP contribution in [-0.4, -0.2) is 72.4 Å². The van der Waals surface area contributed by atoms with Crippen molar-refractivity contribution < 1.29 is 13.9 Å². The van der Waals surface area contributed by atoms with Crippen molar-refractivity contribution in [1.82, 2.24) is 19.9 Å². The maximum Gasteiger partial charge on any atom is 0.156 e. The first-order valence-electron chi connectivity index (χ1n) is 12.7. The Bertz CT molecular complexity index is 1440. The summed E-state index contributed by atoms with van der Waals surface area (Å²) in [7, 11) is 4.25. The number of fused-ring (bicyclic) bond motifs is 2. The minimum Gasteiger partial charge on any atom is -0.489 e. The Balaban J connectivity index is 1.42. The van der Waals surface area contributed by atoms with Crippen molar-refractivity contribution in [2.75, 3.05) is 50.6 Å². The van der Waals surface area contributed by atoms with Gasteiger partial charge >= 0.3 is 0 Å². The van der Waals surface area contributed by atoms with Crippen molar-refractivity contribution in [2.24, 2.45) is 5.92 Å². The third kappa shape index (κ3) is 4.53. The number of hydrogen-bond acceptors (Lipinski definition) is 8. The van der Waals surface area contributed by atoms with Gasteiger partial charge in [0.05, 0.1) is 35.3 Å². The van der Waals surface area contributed by atoms with E-state index < -0.39 is 0 Å². The number of likely N-dealkylation sites (N-methyl/N-ethyl adjacent to an activating group) is 1. The van der Waals surface area contributed by atoms with Gasteiger partial charge in [-0.2, -0.15) is 0 Å². The first-order chi connectivity index (χ1) is 18.0. The lowest BCUT2D eigenvalue weighted by molar-refractivity contribution is -0.0773. The first kappa shape index (κ1) is 23.8. The summed E-state index contributed by atoms with van der Waals surface area (Å²) in [5, 5.41) is 4.39. The predicted molar refractivity (Wildman–Crippen MR) is 143 cm³/mol. The highest BCUT2D eigenvalue weighted by atomic mass is 19.1. The molecule has 192 valence electrons. The van der Waals surface area contributed by atoms with Crippen LogP contribution in [0.2, 0.25) is 0 Å². The summed E-state index contributed by atoms with van der Waals surface area (Å²) in [5.41, 5.74) is 2.74. The molecule has 0 saturated carbocycles. The molecule has 8 nitrogen and oxygen atoms in total. The topological polar surface area (TPSA) is 75.6 Å². The molecule has 9 heteroatoms. The first-order valence-corrected chi connectivity index (χ1v) is 12.7. The number of ether oxygens (including phenoxy) is 2. The molecule has 1 N–H and O–H groups in total. The quantitative estimate of drug-likeness (QED) is 0.393. The molecule has 0 unspecified atom stereocenters. The van der Waals surface area contributed by atoms with E-state index in [4.69, 9.17) is 9.47 Å². The van der Waals surface area contributed by atoms with Crippen molar-refractivity contribution in [3.05, 3.63) is 54.7 Å². The van der Waals surface area contributed by atoms with E-state index in [1.165, 1.54) is 6.33 Å². The fourth-order valence-electron chi connectivity index (χ4n) is 5.07. The Morgan fingerprint density at radius 1 is 1.14 bits per heavy atom. The highest BCUT2D eigenvalue weighted by molar-refractivity contribution is 5.98. The van der Waals surface area contributed by atoms with Gasteiger partial charge in [0.2, 0.25) is 0 Å². The molecular formula is C28H31FN6O2. The van der Waals surface area contributed by atoms with E-state index in [9.17, 15) is 0 Å². The number of halogens is 1. The molecule has 0 aliphatic carbocycles. The smallest absolute Gasteiger partial charge is 0.156 e. The standard InChI is InChI=1S/C28H31FN6O2/c1-17(18-14-36-15-18)37-25-12-20(35-10-8-19(13-35)34(2)3)11-24-26(25)28(32-16-31-24)33-23-7-6-22-21(27(23)29)5-4-9-30-22/h4-7,9,11-12,16-19H,8,10,13-15H2,1-3H3,(H,31,32,33)/t17-,19-/m1/s1. The Hall–Kier alpha value is -3.56. The van der Waals surface area contributed by atoms with Crippen molar-refractivity contribution in [2.45, 2.75) is 25.5 Å². The molecule has 4 aromatic rings. The molecule has 2 aliphatic rings. The molecule has 2 aromatic heterocycles. The number of nitrogens with zero attached hydrogens (tertiary/aromatic N) is 5. The molecule has 2 atom stereocenters. The monoisotopic (exact) mass is 502 g/mol. The van der Waals surface area contributed by atoms with Gasteiger partial charge in [-0.25, -0.2) is 14.4 Å². The lowest BCUT2D eigenvalue weighted by Gasteiger charge is -2.32. The van der Waals surface area contributed by atoms with Crippen LogP contribution in [-0.2, 0) is 4.74 Å². The number of benzene rings is 2. The second-order valence-corrected chi connectivity index (χ2v) is 10.2. The second-order valence-electron chi connectivity index (χ2n) is 10.2. The van der Waals surface area contributed by atoms with E-state index in [2.05, 4.69) is 63.2 Å². The highest BCUT2D eigenvalue weighted by Crippen LogP contribution is 2.39. The third-order valence-electron chi connectivity index (χ3n) is 7.56. The molecule has 2 aliphatic heterocycles. The maximum atomic E-state index is 15.4. The molecule has 0 radical (unpaired) electrons. The van der Waals surface area contributed by atoms with Gasteiger partial charge in [0.1, 0.15) is 24.0 Å². The Labute approximate surface area is 215 Å². The molecule has 0 amide bonds. The minimum atomic E-state index is -0.372. The van der Waals surface area contributed by atoms with Gasteiger partial charge in [-0.05, 0) is 57.8 Å². The molecule has 2 aromatic carbocycles. The van der Waals surface area contributed by atoms with E-state index in [-0.39, 0.29) is 11.9 Å². The lowest BCUT2D eigenvalue weighted by Crippen LogP contribution is -2.39. The maximum absolute atomic E-state index is 15.4. The summed E-state index contributed by atoms with van der Waals surface area (Å²) in [5.74, 6) is 1.14. The van der Waals surface area contributed by atoms with Crippen LogP contribution in [0.5, 0.6) is 5.75 Å². The zero-order valence-electron chi connectivity index (χ0n) is 21.3. The number of hydrogen-bond donors (Lipinski definition) is 1. The van der Waals surface area contributed by atoms with Crippen LogP contribution < -0.4 is 15.0 Å². The van der Waals surface area contributed by atoms with Crippen molar-refractivity contribution in [1.29, 1.82) is 0 Å². The summed E-state index contributed by atoms with van der Waals surface area (Å²) in [4.78, 5) is 18.0. The van der Waals surface area contributed by atoms with Gasteiger partial charge in [-0.15, -0.1) is 0 Å². The Morgan fingerprint density at radius 2 is 2.00 bits per heavy atom. The molecule has 2 saturated heterocycles. The van der Waals surface area contributed by atoms with Crippen LogP contribution in [0.3, 0.4) is 0 Å². The molecule has 4 heterocycles. The minimum absolute atomic E-state index is 0.0446. The molecule has 0 spiro atoms. The van der Waals surface area contributed by atoms with Crippen molar-refractivity contribution in [3.63, 3.8) is 0 Å². The summed E-state index contributed by atoms with van der Waals surface area (Å²) >= 11 is 0. The van der Waals surface area contributed by atoms with Crippen molar-refractivity contribution >= 4 is 39.0 Å².